The van der Waals surface area contributed by atoms with Gasteiger partial charge in [0.05, 0.1) is 24.6 Å². The number of benzene rings is 1. The van der Waals surface area contributed by atoms with Crippen molar-refractivity contribution < 1.29 is 13.6 Å². The summed E-state index contributed by atoms with van der Waals surface area (Å²) in [5.41, 5.74) is 7.75. The molecule has 0 bridgehead atoms. The van der Waals surface area contributed by atoms with Crippen LogP contribution in [0.1, 0.15) is 12.1 Å². The second kappa shape index (κ2) is 7.68. The molecule has 1 aromatic carbocycles. The van der Waals surface area contributed by atoms with Crippen LogP contribution in [0.5, 0.6) is 0 Å². The summed E-state index contributed by atoms with van der Waals surface area (Å²) in [6.45, 7) is -0.119. The maximum Gasteiger partial charge on any atom is 0.281 e. The van der Waals surface area contributed by atoms with Gasteiger partial charge in [0, 0.05) is 23.6 Å². The first-order valence-corrected chi connectivity index (χ1v) is 8.60. The molecule has 4 rings (SSSR count). The summed E-state index contributed by atoms with van der Waals surface area (Å²) in [6.07, 6.45) is 2.87. The van der Waals surface area contributed by atoms with Crippen LogP contribution in [-0.4, -0.2) is 36.8 Å². The third kappa shape index (κ3) is 3.78. The van der Waals surface area contributed by atoms with Crippen LogP contribution in [0, 0.1) is 0 Å². The highest BCUT2D eigenvalue weighted by molar-refractivity contribution is 5.92. The maximum atomic E-state index is 13.0. The molecule has 4 aromatic rings. The summed E-state index contributed by atoms with van der Waals surface area (Å²) in [5.74, 6) is 0.0116. The van der Waals surface area contributed by atoms with Crippen LogP contribution < -0.4 is 11.1 Å². The zero-order valence-corrected chi connectivity index (χ0v) is 15.0. The van der Waals surface area contributed by atoms with E-state index >= 15 is 0 Å². The smallest absolute Gasteiger partial charge is 0.281 e. The summed E-state index contributed by atoms with van der Waals surface area (Å²) in [4.78, 5) is 28.2. The van der Waals surface area contributed by atoms with Crippen molar-refractivity contribution in [2.24, 2.45) is 5.73 Å². The van der Waals surface area contributed by atoms with Gasteiger partial charge in [0.2, 0.25) is 5.91 Å². The first kappa shape index (κ1) is 18.6. The molecule has 0 aliphatic heterocycles. The number of fused-ring (bicyclic) bond motifs is 1. The number of halogens is 2. The molecule has 29 heavy (non-hydrogen) atoms. The monoisotopic (exact) mass is 395 g/mol. The predicted molar refractivity (Wildman–Crippen MR) is 102 cm³/mol. The van der Waals surface area contributed by atoms with E-state index in [9.17, 15) is 13.6 Å². The number of aromatic nitrogens is 5. The van der Waals surface area contributed by atoms with E-state index in [2.05, 4.69) is 25.3 Å². The first-order valence-electron chi connectivity index (χ1n) is 8.60. The lowest BCUT2D eigenvalue weighted by molar-refractivity contribution is -0.114. The second-order valence-corrected chi connectivity index (χ2v) is 6.08. The largest absolute Gasteiger partial charge is 0.325 e. The third-order valence-corrected chi connectivity index (χ3v) is 4.15. The molecule has 3 heterocycles. The Balaban J connectivity index is 1.73. The Bertz CT molecular complexity index is 1190. The lowest BCUT2D eigenvalue weighted by Crippen LogP contribution is -2.21. The number of anilines is 1. The van der Waals surface area contributed by atoms with Crippen LogP contribution in [0.4, 0.5) is 14.5 Å². The van der Waals surface area contributed by atoms with Crippen molar-refractivity contribution in [1.82, 2.24) is 24.3 Å². The van der Waals surface area contributed by atoms with Gasteiger partial charge in [-0.25, -0.2) is 28.7 Å². The molecule has 0 aliphatic rings. The van der Waals surface area contributed by atoms with Crippen molar-refractivity contribution in [2.45, 2.75) is 6.43 Å². The molecule has 0 saturated carbocycles. The Morgan fingerprint density at radius 1 is 1.17 bits per heavy atom. The molecule has 0 radical (unpaired) electrons. The van der Waals surface area contributed by atoms with E-state index in [1.807, 2.05) is 6.07 Å². The van der Waals surface area contributed by atoms with Crippen molar-refractivity contribution in [3.63, 3.8) is 0 Å². The number of nitrogens with zero attached hydrogens (tertiary/aromatic N) is 5. The normalized spacial score (nSPS) is 11.2. The van der Waals surface area contributed by atoms with Crippen molar-refractivity contribution in [2.75, 3.05) is 11.9 Å². The number of nitrogens with two attached hydrogens (primary N) is 1. The molecule has 10 heteroatoms. The minimum absolute atomic E-state index is 0.119. The second-order valence-electron chi connectivity index (χ2n) is 6.08. The molecule has 3 aromatic heterocycles. The van der Waals surface area contributed by atoms with Crippen molar-refractivity contribution in [3.05, 3.63) is 60.8 Å². The number of nitrogens with one attached hydrogen (secondary N) is 1. The molecule has 0 saturated heterocycles. The highest BCUT2D eigenvalue weighted by Crippen LogP contribution is 2.25. The Morgan fingerprint density at radius 3 is 2.83 bits per heavy atom. The zero-order valence-electron chi connectivity index (χ0n) is 15.0. The SMILES string of the molecule is NCC(=O)Nc1cccc(-c2ccnc(-c3cnc4cnc(C(F)F)cn34)n2)c1. The van der Waals surface area contributed by atoms with Gasteiger partial charge in [-0.3, -0.25) is 9.20 Å². The quantitative estimate of drug-likeness (QED) is 0.537. The van der Waals surface area contributed by atoms with E-state index in [0.717, 1.165) is 5.56 Å². The molecule has 0 atom stereocenters. The van der Waals surface area contributed by atoms with Crippen LogP contribution in [0.2, 0.25) is 0 Å². The van der Waals surface area contributed by atoms with Crippen LogP contribution >= 0.6 is 0 Å². The van der Waals surface area contributed by atoms with Crippen molar-refractivity contribution >= 4 is 17.2 Å². The van der Waals surface area contributed by atoms with Gasteiger partial charge in [-0.05, 0) is 18.2 Å². The van der Waals surface area contributed by atoms with E-state index in [1.165, 1.54) is 23.0 Å². The highest BCUT2D eigenvalue weighted by atomic mass is 19.3. The number of imidazole rings is 1. The van der Waals surface area contributed by atoms with Gasteiger partial charge < -0.3 is 11.1 Å². The molecule has 146 valence electrons. The maximum absolute atomic E-state index is 13.0. The predicted octanol–water partition coefficient (Wildman–Crippen LogP) is 2.69. The Morgan fingerprint density at radius 2 is 2.03 bits per heavy atom. The number of carbonyl (C=O) groups is 1. The Labute approximate surface area is 163 Å². The minimum Gasteiger partial charge on any atom is -0.325 e. The molecular weight excluding hydrogens is 380 g/mol. The fourth-order valence-electron chi connectivity index (χ4n) is 2.79. The van der Waals surface area contributed by atoms with Crippen LogP contribution in [0.15, 0.2) is 55.1 Å². The molecule has 3 N–H and O–H groups in total. The van der Waals surface area contributed by atoms with Gasteiger partial charge in [0.15, 0.2) is 11.5 Å². The van der Waals surface area contributed by atoms with Gasteiger partial charge in [-0.15, -0.1) is 0 Å². The summed E-state index contributed by atoms with van der Waals surface area (Å²) in [7, 11) is 0. The van der Waals surface area contributed by atoms with E-state index in [0.29, 0.717) is 28.5 Å². The van der Waals surface area contributed by atoms with E-state index in [4.69, 9.17) is 5.73 Å². The summed E-state index contributed by atoms with van der Waals surface area (Å²) in [6, 6.07) is 8.81. The third-order valence-electron chi connectivity index (χ3n) is 4.15. The van der Waals surface area contributed by atoms with E-state index in [1.54, 1.807) is 30.5 Å². The lowest BCUT2D eigenvalue weighted by atomic mass is 10.1. The molecule has 0 aliphatic carbocycles. The van der Waals surface area contributed by atoms with Crippen LogP contribution in [0.25, 0.3) is 28.4 Å². The standard InChI is InChI=1S/C19H15F2N7O/c20-18(21)14-10-28-15(8-25-16(28)9-24-14)19-23-5-4-13(27-19)11-2-1-3-12(6-11)26-17(29)7-22/h1-6,8-10,18H,7,22H2,(H,26,29). The van der Waals surface area contributed by atoms with Gasteiger partial charge in [0.25, 0.3) is 6.43 Å². The first-order chi connectivity index (χ1) is 14.0. The number of amides is 1. The minimum atomic E-state index is -2.70. The fraction of sp³-hybridized carbons (Fsp3) is 0.105. The van der Waals surface area contributed by atoms with Crippen LogP contribution in [-0.2, 0) is 4.79 Å². The summed E-state index contributed by atoms with van der Waals surface area (Å²) < 4.78 is 27.5. The highest BCUT2D eigenvalue weighted by Gasteiger charge is 2.15. The molecule has 0 unspecified atom stereocenters. The van der Waals surface area contributed by atoms with Crippen molar-refractivity contribution in [3.8, 4) is 22.8 Å². The molecule has 0 spiro atoms. The topological polar surface area (TPSA) is 111 Å². The zero-order chi connectivity index (χ0) is 20.4. The Hall–Kier alpha value is -3.79. The van der Waals surface area contributed by atoms with Crippen molar-refractivity contribution in [1.29, 1.82) is 0 Å². The number of hydrogen-bond acceptors (Lipinski definition) is 6. The van der Waals surface area contributed by atoms with Gasteiger partial charge >= 0.3 is 0 Å². The molecule has 1 amide bonds. The fourth-order valence-corrected chi connectivity index (χ4v) is 2.79. The summed E-state index contributed by atoms with van der Waals surface area (Å²) >= 11 is 0. The van der Waals surface area contributed by atoms with Gasteiger partial charge in [-0.1, -0.05) is 12.1 Å². The van der Waals surface area contributed by atoms with Gasteiger partial charge in [-0.2, -0.15) is 0 Å². The van der Waals surface area contributed by atoms with E-state index < -0.39 is 6.43 Å². The summed E-state index contributed by atoms with van der Waals surface area (Å²) in [5, 5.41) is 2.69. The Kier molecular flexibility index (Phi) is 4.92. The lowest BCUT2D eigenvalue weighted by Gasteiger charge is -2.08. The molecular formula is C19H15F2N7O. The molecule has 8 nitrogen and oxygen atoms in total. The van der Waals surface area contributed by atoms with Crippen LogP contribution in [0.3, 0.4) is 0 Å². The number of rotatable bonds is 5. The average Bonchev–Trinajstić information content (AvgIpc) is 3.17. The van der Waals surface area contributed by atoms with Gasteiger partial charge in [0.1, 0.15) is 11.4 Å². The van der Waals surface area contributed by atoms with E-state index in [-0.39, 0.29) is 18.1 Å². The average molecular weight is 395 g/mol. The number of hydrogen-bond donors (Lipinski definition) is 2. The number of carbonyl (C=O) groups excluding carboxylic acids is 1. The number of alkyl halides is 2. The molecule has 0 fully saturated rings.